The van der Waals surface area contributed by atoms with E-state index in [1.54, 1.807) is 0 Å². The van der Waals surface area contributed by atoms with Crippen molar-refractivity contribution in [2.75, 3.05) is 34.8 Å². The molecule has 8 heteroatoms. The number of nitrogen functional groups attached to an aromatic ring is 2. The first-order valence-electron chi connectivity index (χ1n) is 14.3. The van der Waals surface area contributed by atoms with Crippen LogP contribution in [0, 0.1) is 23.2 Å². The topological polar surface area (TPSA) is 121 Å². The molecule has 1 heterocycles. The fraction of sp³-hybridized carbons (Fsp3) is 0.633. The highest BCUT2D eigenvalue weighted by molar-refractivity contribution is 7.10. The third kappa shape index (κ3) is 11.3. The summed E-state index contributed by atoms with van der Waals surface area (Å²) in [7, 11) is 0. The monoisotopic (exact) mass is 542 g/mol. The molecule has 2 rings (SSSR count). The van der Waals surface area contributed by atoms with E-state index in [-0.39, 0.29) is 5.91 Å². The van der Waals surface area contributed by atoms with Gasteiger partial charge in [0.05, 0.1) is 17.1 Å². The minimum absolute atomic E-state index is 0.0841. The highest BCUT2D eigenvalue weighted by atomic mass is 32.1. The van der Waals surface area contributed by atoms with Gasteiger partial charge in [-0.15, -0.1) is 0 Å². The molecule has 0 bridgehead atoms. The molecule has 0 aliphatic heterocycles. The van der Waals surface area contributed by atoms with Crippen molar-refractivity contribution in [3.05, 3.63) is 29.5 Å². The number of unbranched alkanes of at least 4 members (excludes halogenated alkanes) is 2. The van der Waals surface area contributed by atoms with Crippen molar-refractivity contribution in [1.82, 2.24) is 4.37 Å². The number of nitrogens with two attached hydrogens (primary N) is 2. The third-order valence-corrected chi connectivity index (χ3v) is 7.70. The molecule has 2 aromatic rings. The van der Waals surface area contributed by atoms with E-state index in [0.717, 1.165) is 30.9 Å². The van der Waals surface area contributed by atoms with E-state index in [9.17, 15) is 4.79 Å². The van der Waals surface area contributed by atoms with Gasteiger partial charge in [0.25, 0.3) is 0 Å². The molecular formula is C30H50N6OS. The van der Waals surface area contributed by atoms with E-state index >= 15 is 0 Å². The van der Waals surface area contributed by atoms with Gasteiger partial charge in [-0.3, -0.25) is 4.79 Å². The van der Waals surface area contributed by atoms with Gasteiger partial charge in [0.2, 0.25) is 5.91 Å². The van der Waals surface area contributed by atoms with Crippen LogP contribution in [0.1, 0.15) is 104 Å². The zero-order valence-electron chi connectivity index (χ0n) is 24.5. The van der Waals surface area contributed by atoms with Crippen molar-refractivity contribution in [2.45, 2.75) is 99.3 Å². The number of aromatic nitrogens is 1. The van der Waals surface area contributed by atoms with Crippen molar-refractivity contribution < 1.29 is 4.79 Å². The number of hydrogen-bond acceptors (Lipinski definition) is 7. The molecule has 0 aliphatic rings. The normalized spacial score (nSPS) is 12.1. The Morgan fingerprint density at radius 3 is 2.05 bits per heavy atom. The third-order valence-electron chi connectivity index (χ3n) is 6.99. The van der Waals surface area contributed by atoms with Gasteiger partial charge in [-0.1, -0.05) is 73.1 Å². The first-order valence-corrected chi connectivity index (χ1v) is 15.1. The maximum atomic E-state index is 11.6. The molecule has 2 atom stereocenters. The summed E-state index contributed by atoms with van der Waals surface area (Å²) in [6.45, 7) is 14.8. The van der Waals surface area contributed by atoms with E-state index in [1.165, 1.54) is 75.5 Å². The lowest BCUT2D eigenvalue weighted by Crippen LogP contribution is -2.34. The van der Waals surface area contributed by atoms with Crippen LogP contribution in [0.25, 0.3) is 0 Å². The summed E-state index contributed by atoms with van der Waals surface area (Å²) in [6, 6.07) is 8.10. The number of rotatable bonds is 15. The van der Waals surface area contributed by atoms with Gasteiger partial charge in [0.15, 0.2) is 0 Å². The molecule has 0 spiro atoms. The van der Waals surface area contributed by atoms with Gasteiger partial charge in [-0.2, -0.15) is 9.64 Å². The van der Waals surface area contributed by atoms with Gasteiger partial charge < -0.3 is 21.7 Å². The Balaban J connectivity index is 0.000000600. The predicted octanol–water partition coefficient (Wildman–Crippen LogP) is 7.63. The largest absolute Gasteiger partial charge is 0.397 e. The van der Waals surface area contributed by atoms with E-state index < -0.39 is 0 Å². The molecule has 0 fully saturated rings. The number of benzene rings is 1. The lowest BCUT2D eigenvalue weighted by atomic mass is 9.95. The molecule has 38 heavy (non-hydrogen) atoms. The van der Waals surface area contributed by atoms with E-state index in [1.807, 2.05) is 19.1 Å². The Morgan fingerprint density at radius 1 is 1.05 bits per heavy atom. The van der Waals surface area contributed by atoms with Crippen LogP contribution in [0.2, 0.25) is 0 Å². The Kier molecular flexibility index (Phi) is 16.1. The summed E-state index contributed by atoms with van der Waals surface area (Å²) >= 11 is 1.19. The van der Waals surface area contributed by atoms with Gasteiger partial charge >= 0.3 is 0 Å². The highest BCUT2D eigenvalue weighted by Crippen LogP contribution is 2.29. The Bertz CT molecular complexity index is 981. The molecule has 7 nitrogen and oxygen atoms in total. The quantitative estimate of drug-likeness (QED) is 0.199. The summed E-state index contributed by atoms with van der Waals surface area (Å²) in [6.07, 6.45) is 10.8. The Labute approximate surface area is 235 Å². The molecule has 0 aliphatic carbocycles. The second kappa shape index (κ2) is 18.5. The minimum atomic E-state index is -0.0841. The molecule has 0 radical (unpaired) electrons. The van der Waals surface area contributed by atoms with Gasteiger partial charge in [0, 0.05) is 25.7 Å². The number of hydrogen-bond donors (Lipinski definition) is 3. The average molecular weight is 543 g/mol. The Hall–Kier alpha value is -2.79. The summed E-state index contributed by atoms with van der Waals surface area (Å²) in [5, 5.41) is 12.0. The number of nitrogens with zero attached hydrogens (tertiary/aromatic N) is 3. The Morgan fingerprint density at radius 2 is 1.63 bits per heavy atom. The van der Waals surface area contributed by atoms with Crippen LogP contribution in [0.4, 0.5) is 22.1 Å². The fourth-order valence-electron chi connectivity index (χ4n) is 4.48. The predicted molar refractivity (Wildman–Crippen MR) is 165 cm³/mol. The van der Waals surface area contributed by atoms with Crippen molar-refractivity contribution in [2.24, 2.45) is 11.8 Å². The zero-order chi connectivity index (χ0) is 28.5. The molecule has 2 unspecified atom stereocenters. The van der Waals surface area contributed by atoms with Crippen LogP contribution in [0.5, 0.6) is 0 Å². The second-order valence-electron chi connectivity index (χ2n) is 10.0. The van der Waals surface area contributed by atoms with E-state index in [0.29, 0.717) is 28.1 Å². The summed E-state index contributed by atoms with van der Waals surface area (Å²) < 4.78 is 4.00. The number of anilines is 4. The van der Waals surface area contributed by atoms with Gasteiger partial charge in [0.1, 0.15) is 16.6 Å². The number of carbonyl (C=O) groups is 1. The van der Waals surface area contributed by atoms with Crippen LogP contribution in [-0.4, -0.2) is 23.4 Å². The van der Waals surface area contributed by atoms with Crippen LogP contribution >= 0.6 is 11.5 Å². The van der Waals surface area contributed by atoms with E-state index in [2.05, 4.69) is 54.4 Å². The molecule has 0 saturated heterocycles. The highest BCUT2D eigenvalue weighted by Gasteiger charge is 2.18. The van der Waals surface area contributed by atoms with Crippen molar-refractivity contribution in [1.29, 1.82) is 5.26 Å². The van der Waals surface area contributed by atoms with Crippen LogP contribution in [0.15, 0.2) is 18.2 Å². The number of nitriles is 1. The number of amides is 1. The molecule has 1 amide bonds. The van der Waals surface area contributed by atoms with Crippen LogP contribution in [-0.2, 0) is 11.2 Å². The minimum Gasteiger partial charge on any atom is -0.397 e. The summed E-state index contributed by atoms with van der Waals surface area (Å²) in [4.78, 5) is 14.1. The van der Waals surface area contributed by atoms with Gasteiger partial charge in [-0.25, -0.2) is 0 Å². The summed E-state index contributed by atoms with van der Waals surface area (Å²) in [5.41, 5.74) is 15.4. The maximum Gasteiger partial charge on any atom is 0.221 e. The molecule has 1 aromatic carbocycles. The molecule has 1 aromatic heterocycles. The second-order valence-corrected chi connectivity index (χ2v) is 10.8. The standard InChI is InChI=1S/C24H43N3O.C6H7N3S/c1-6-10-12-20(8-3)17-27(18-21(9-4)13-11-7-2)22-14-15-23(25)24(16-22)26-19(5)28;1-2-5-4(3-7)6(8)10-9-5/h14-16,20-21H,6-13,17-18,25H2,1-5H3,(H,26,28);2,8H2,1H3. The van der Waals surface area contributed by atoms with Crippen LogP contribution in [0.3, 0.4) is 0 Å². The van der Waals surface area contributed by atoms with Crippen LogP contribution < -0.4 is 21.7 Å². The molecule has 212 valence electrons. The van der Waals surface area contributed by atoms with Crippen molar-refractivity contribution in [3.63, 3.8) is 0 Å². The van der Waals surface area contributed by atoms with Gasteiger partial charge in [-0.05, 0) is 60.8 Å². The molecule has 0 saturated carbocycles. The SMILES string of the molecule is CCCCC(CC)CN(CC(CC)CCCC)c1ccc(N)c(NC(C)=O)c1.CCc1nsc(N)c1C#N. The van der Waals surface area contributed by atoms with Crippen molar-refractivity contribution in [3.8, 4) is 6.07 Å². The molecule has 5 N–H and O–H groups in total. The fourth-order valence-corrected chi connectivity index (χ4v) is 5.16. The lowest BCUT2D eigenvalue weighted by molar-refractivity contribution is -0.114. The lowest BCUT2D eigenvalue weighted by Gasteiger charge is -2.33. The smallest absolute Gasteiger partial charge is 0.221 e. The average Bonchev–Trinajstić information content (AvgIpc) is 3.28. The number of aryl methyl sites for hydroxylation is 1. The van der Waals surface area contributed by atoms with Crippen molar-refractivity contribution >= 4 is 39.5 Å². The number of nitrogens with one attached hydrogen (secondary N) is 1. The van der Waals surface area contributed by atoms with E-state index in [4.69, 9.17) is 16.7 Å². The zero-order valence-corrected chi connectivity index (χ0v) is 25.3. The number of carbonyl (C=O) groups excluding carboxylic acids is 1. The first-order chi connectivity index (χ1) is 18.2. The first kappa shape index (κ1) is 33.2. The molecular weight excluding hydrogens is 492 g/mol. The summed E-state index contributed by atoms with van der Waals surface area (Å²) in [5.74, 6) is 1.31. The maximum absolute atomic E-state index is 11.6.